The van der Waals surface area contributed by atoms with Gasteiger partial charge in [0.25, 0.3) is 0 Å². The van der Waals surface area contributed by atoms with Crippen LogP contribution in [0.25, 0.3) is 0 Å². The van der Waals surface area contributed by atoms with Gasteiger partial charge in [0.1, 0.15) is 17.5 Å². The number of nitrogens with two attached hydrogens (primary N) is 3. The van der Waals surface area contributed by atoms with Gasteiger partial charge in [0.15, 0.2) is 6.23 Å². The Morgan fingerprint density at radius 3 is 2.00 bits per heavy atom. The van der Waals surface area contributed by atoms with Crippen LogP contribution in [0.4, 0.5) is 0 Å². The molecule has 1 heterocycles. The zero-order valence-corrected chi connectivity index (χ0v) is 14.3. The molecule has 2 rings (SSSR count). The molecule has 0 saturated carbocycles. The summed E-state index contributed by atoms with van der Waals surface area (Å²) in [5, 5.41) is 7.71. The van der Waals surface area contributed by atoms with Crippen molar-refractivity contribution < 1.29 is 23.9 Å². The van der Waals surface area contributed by atoms with Gasteiger partial charge in [-0.1, -0.05) is 29.8 Å². The number of hydrogen-bond acceptors (Lipinski definition) is 8. The first-order valence-corrected chi connectivity index (χ1v) is 7.60. The molecule has 1 aliphatic rings. The molecule has 1 saturated heterocycles. The van der Waals surface area contributed by atoms with Crippen LogP contribution in [0.3, 0.4) is 0 Å². The second kappa shape index (κ2) is 8.35. The average Bonchev–Trinajstić information content (AvgIpc) is 2.93. The van der Waals surface area contributed by atoms with Crippen molar-refractivity contribution in [2.75, 3.05) is 0 Å². The Labute approximate surface area is 156 Å². The first-order valence-electron chi connectivity index (χ1n) is 7.23. The molecule has 4 amide bonds. The van der Waals surface area contributed by atoms with Crippen molar-refractivity contribution in [3.63, 3.8) is 0 Å². The number of amides is 4. The number of benzene rings is 1. The third kappa shape index (κ3) is 4.63. The van der Waals surface area contributed by atoms with Crippen molar-refractivity contribution in [3.05, 3.63) is 34.9 Å². The predicted octanol–water partition coefficient (Wildman–Crippen LogP) is -2.39. The van der Waals surface area contributed by atoms with Crippen molar-refractivity contribution in [3.8, 4) is 0 Å². The minimum atomic E-state index is -1.28. The Kier molecular flexibility index (Phi) is 6.18. The number of hydrogen-bond donors (Lipinski definition) is 5. The topological polar surface area (TPSA) is 204 Å². The molecule has 1 aromatic rings. The normalized spacial score (nSPS) is 21.9. The minimum Gasteiger partial charge on any atom is -0.361 e. The lowest BCUT2D eigenvalue weighted by atomic mass is 10.0. The lowest BCUT2D eigenvalue weighted by Gasteiger charge is -2.12. The lowest BCUT2D eigenvalue weighted by Crippen LogP contribution is -2.38. The van der Waals surface area contributed by atoms with E-state index in [1.807, 2.05) is 10.9 Å². The monoisotopic (exact) mass is 395 g/mol. The second-order valence-electron chi connectivity index (χ2n) is 5.06. The Balaban J connectivity index is 2.44. The number of nitrogens with one attached hydrogen (secondary N) is 2. The zero-order chi connectivity index (χ0) is 20.1. The highest BCUT2D eigenvalue weighted by Crippen LogP contribution is 2.32. The molecule has 13 heteroatoms. The number of halogens is 1. The third-order valence-corrected chi connectivity index (χ3v) is 3.60. The SMILES string of the molecule is NC(=O)C(=O)NN=C1/C(=N\NC(=O)C(N)=O)[C@H](N)O[C@H]1c1ccccc1Cl. The van der Waals surface area contributed by atoms with E-state index in [1.165, 1.54) is 0 Å². The minimum absolute atomic E-state index is 0.0741. The van der Waals surface area contributed by atoms with Crippen LogP contribution in [0.2, 0.25) is 5.02 Å². The first-order chi connectivity index (χ1) is 12.7. The molecule has 27 heavy (non-hydrogen) atoms. The number of hydrazone groups is 2. The summed E-state index contributed by atoms with van der Waals surface area (Å²) in [5.74, 6) is -4.98. The summed E-state index contributed by atoms with van der Waals surface area (Å²) in [5.41, 5.74) is 19.5. The van der Waals surface area contributed by atoms with E-state index in [9.17, 15) is 19.2 Å². The molecule has 0 spiro atoms. The maximum Gasteiger partial charge on any atom is 0.329 e. The van der Waals surface area contributed by atoms with E-state index >= 15 is 0 Å². The molecule has 0 aromatic heterocycles. The Bertz CT molecular complexity index is 869. The van der Waals surface area contributed by atoms with Crippen molar-refractivity contribution in [1.29, 1.82) is 0 Å². The summed E-state index contributed by atoms with van der Waals surface area (Å²) in [6.45, 7) is 0. The molecule has 0 unspecified atom stereocenters. The quantitative estimate of drug-likeness (QED) is 0.278. The summed E-state index contributed by atoms with van der Waals surface area (Å²) in [6.07, 6.45) is -2.20. The summed E-state index contributed by atoms with van der Waals surface area (Å²) in [7, 11) is 0. The number of carbonyl (C=O) groups is 4. The van der Waals surface area contributed by atoms with Gasteiger partial charge in [0.05, 0.1) is 0 Å². The number of carbonyl (C=O) groups excluding carboxylic acids is 4. The van der Waals surface area contributed by atoms with Crippen LogP contribution in [-0.4, -0.2) is 41.3 Å². The molecule has 2 atom stereocenters. The molecule has 12 nitrogen and oxygen atoms in total. The van der Waals surface area contributed by atoms with E-state index < -0.39 is 36.0 Å². The molecule has 1 aliphatic heterocycles. The number of nitrogens with zero attached hydrogens (tertiary/aromatic N) is 2. The molecular formula is C14H14ClN7O5. The van der Waals surface area contributed by atoms with Gasteiger partial charge in [-0.25, -0.2) is 10.9 Å². The Hall–Kier alpha value is -3.35. The van der Waals surface area contributed by atoms with Crippen molar-refractivity contribution in [2.24, 2.45) is 27.4 Å². The molecule has 1 aromatic carbocycles. The third-order valence-electron chi connectivity index (χ3n) is 3.25. The van der Waals surface area contributed by atoms with Crippen LogP contribution in [0.5, 0.6) is 0 Å². The smallest absolute Gasteiger partial charge is 0.329 e. The average molecular weight is 396 g/mol. The number of rotatable bonds is 3. The van der Waals surface area contributed by atoms with E-state index in [0.717, 1.165) is 0 Å². The zero-order valence-electron chi connectivity index (χ0n) is 13.5. The van der Waals surface area contributed by atoms with Gasteiger partial charge in [0, 0.05) is 10.6 Å². The first kappa shape index (κ1) is 20.0. The fourth-order valence-corrected chi connectivity index (χ4v) is 2.27. The maximum absolute atomic E-state index is 11.4. The van der Waals surface area contributed by atoms with Gasteiger partial charge in [0.2, 0.25) is 0 Å². The predicted molar refractivity (Wildman–Crippen MR) is 92.8 cm³/mol. The van der Waals surface area contributed by atoms with E-state index in [2.05, 4.69) is 10.2 Å². The van der Waals surface area contributed by atoms with E-state index in [-0.39, 0.29) is 11.4 Å². The summed E-state index contributed by atoms with van der Waals surface area (Å²) in [6, 6.07) is 6.53. The lowest BCUT2D eigenvalue weighted by molar-refractivity contribution is -0.137. The van der Waals surface area contributed by atoms with Crippen molar-refractivity contribution in [2.45, 2.75) is 12.3 Å². The van der Waals surface area contributed by atoms with Crippen LogP contribution >= 0.6 is 11.6 Å². The highest BCUT2D eigenvalue weighted by molar-refractivity contribution is 6.48. The highest BCUT2D eigenvalue weighted by atomic mass is 35.5. The second-order valence-corrected chi connectivity index (χ2v) is 5.47. The largest absolute Gasteiger partial charge is 0.361 e. The van der Waals surface area contributed by atoms with Crippen LogP contribution in [0.1, 0.15) is 11.7 Å². The van der Waals surface area contributed by atoms with Gasteiger partial charge in [-0.3, -0.25) is 19.2 Å². The van der Waals surface area contributed by atoms with E-state index in [4.69, 9.17) is 33.5 Å². The number of ether oxygens (including phenoxy) is 1. The summed E-state index contributed by atoms with van der Waals surface area (Å²) in [4.78, 5) is 44.4. The van der Waals surface area contributed by atoms with Gasteiger partial charge in [-0.15, -0.1) is 0 Å². The fourth-order valence-electron chi connectivity index (χ4n) is 2.03. The van der Waals surface area contributed by atoms with Gasteiger partial charge >= 0.3 is 23.6 Å². The molecule has 1 fully saturated rings. The van der Waals surface area contributed by atoms with Crippen LogP contribution in [-0.2, 0) is 23.9 Å². The van der Waals surface area contributed by atoms with Crippen molar-refractivity contribution >= 4 is 46.7 Å². The van der Waals surface area contributed by atoms with Crippen LogP contribution in [0, 0.1) is 0 Å². The van der Waals surface area contributed by atoms with Gasteiger partial charge in [-0.05, 0) is 6.07 Å². The highest BCUT2D eigenvalue weighted by Gasteiger charge is 2.39. The van der Waals surface area contributed by atoms with E-state index in [1.54, 1.807) is 24.3 Å². The molecular weight excluding hydrogens is 382 g/mol. The Morgan fingerprint density at radius 1 is 0.963 bits per heavy atom. The van der Waals surface area contributed by atoms with Gasteiger partial charge in [-0.2, -0.15) is 10.2 Å². The number of primary amides is 2. The molecule has 0 radical (unpaired) electrons. The summed E-state index contributed by atoms with van der Waals surface area (Å²) >= 11 is 6.14. The standard InChI is InChI=1S/C14H14ClN7O5/c15-6-4-2-1-3-5(6)9-7(19-21-13(25)10(16)23)8(12(18)27-9)20-22-14(26)11(17)24/h1-4,9,12H,18H2,(H2,16,23)(H2,17,24)(H,21,25)(H,22,26)/b19-7?,20-8+/t9-,12+/m0/s1. The van der Waals surface area contributed by atoms with E-state index in [0.29, 0.717) is 10.6 Å². The fraction of sp³-hybridized carbons (Fsp3) is 0.143. The molecule has 142 valence electrons. The molecule has 0 aliphatic carbocycles. The Morgan fingerprint density at radius 2 is 1.48 bits per heavy atom. The van der Waals surface area contributed by atoms with Crippen molar-refractivity contribution in [1.82, 2.24) is 10.9 Å². The summed E-state index contributed by atoms with van der Waals surface area (Å²) < 4.78 is 5.54. The molecule has 8 N–H and O–H groups in total. The maximum atomic E-state index is 11.4. The van der Waals surface area contributed by atoms with Gasteiger partial charge < -0.3 is 21.9 Å². The molecule has 0 bridgehead atoms. The van der Waals surface area contributed by atoms with Crippen LogP contribution < -0.4 is 28.1 Å². The van der Waals surface area contributed by atoms with Crippen LogP contribution in [0.15, 0.2) is 34.5 Å².